The number of rotatable bonds is 13. The Morgan fingerprint density at radius 3 is 2.80 bits per heavy atom. The van der Waals surface area contributed by atoms with Crippen molar-refractivity contribution in [3.8, 4) is 0 Å². The Hall–Kier alpha value is -2.57. The number of unbranched alkanes of at least 4 members (excludes halogenated alkanes) is 2. The molecule has 30 heavy (non-hydrogen) atoms. The van der Waals surface area contributed by atoms with E-state index in [4.69, 9.17) is 4.74 Å². The molecular weight excluding hydrogens is 392 g/mol. The van der Waals surface area contributed by atoms with Gasteiger partial charge in [-0.05, 0) is 13.3 Å². The lowest BCUT2D eigenvalue weighted by atomic mass is 10.0. The molecular formula is C18H32N8O4. The summed E-state index contributed by atoms with van der Waals surface area (Å²) in [7, 11) is 0. The van der Waals surface area contributed by atoms with Crippen LogP contribution < -0.4 is 21.5 Å². The van der Waals surface area contributed by atoms with Crippen molar-refractivity contribution in [3.05, 3.63) is 5.82 Å². The second-order valence-corrected chi connectivity index (χ2v) is 6.97. The van der Waals surface area contributed by atoms with Gasteiger partial charge in [-0.3, -0.25) is 25.6 Å². The van der Waals surface area contributed by atoms with Gasteiger partial charge in [-0.15, -0.1) is 0 Å². The zero-order chi connectivity index (χ0) is 21.8. The Labute approximate surface area is 176 Å². The molecule has 2 amide bonds. The number of aromatic nitrogens is 3. The molecule has 1 aliphatic heterocycles. The minimum absolute atomic E-state index is 0.0899. The normalized spacial score (nSPS) is 17.1. The van der Waals surface area contributed by atoms with Crippen LogP contribution in [0.5, 0.6) is 0 Å². The number of carbonyl (C=O) groups is 2. The standard InChI is InChI=1S/C18H32N8O4/c1-3-5-6-7-13(11-26(29)12-27)16(28)24-25-18-22-15(14-10-19-8-9-30-14)21-17(23-18)20-4-2/h12-14,19,29H,3-11H2,1-2H3,(H,24,28)(H2,20,21,22,23,25). The Kier molecular flexibility index (Phi) is 10.2. The molecule has 0 radical (unpaired) electrons. The summed E-state index contributed by atoms with van der Waals surface area (Å²) in [5.74, 6) is 0.0542. The van der Waals surface area contributed by atoms with E-state index in [1.54, 1.807) is 0 Å². The largest absolute Gasteiger partial charge is 0.368 e. The molecule has 0 saturated carbocycles. The number of amides is 2. The molecule has 2 rings (SSSR count). The van der Waals surface area contributed by atoms with E-state index >= 15 is 0 Å². The average molecular weight is 425 g/mol. The number of carbonyl (C=O) groups excluding carboxylic acids is 2. The van der Waals surface area contributed by atoms with Crippen molar-refractivity contribution in [1.29, 1.82) is 0 Å². The maximum absolute atomic E-state index is 12.6. The highest BCUT2D eigenvalue weighted by molar-refractivity contribution is 5.80. The van der Waals surface area contributed by atoms with Crippen molar-refractivity contribution >= 4 is 24.2 Å². The Morgan fingerprint density at radius 2 is 2.13 bits per heavy atom. The molecule has 12 nitrogen and oxygen atoms in total. The van der Waals surface area contributed by atoms with E-state index in [1.165, 1.54) is 0 Å². The van der Waals surface area contributed by atoms with Crippen LogP contribution in [0.15, 0.2) is 0 Å². The summed E-state index contributed by atoms with van der Waals surface area (Å²) in [4.78, 5) is 36.3. The number of hydroxylamine groups is 2. The number of hydrazine groups is 1. The lowest BCUT2D eigenvalue weighted by Gasteiger charge is -2.23. The summed E-state index contributed by atoms with van der Waals surface area (Å²) in [6.45, 7) is 6.42. The van der Waals surface area contributed by atoms with Gasteiger partial charge in [-0.25, -0.2) is 5.06 Å². The molecule has 168 valence electrons. The van der Waals surface area contributed by atoms with Gasteiger partial charge in [-0.2, -0.15) is 15.0 Å². The monoisotopic (exact) mass is 424 g/mol. The predicted molar refractivity (Wildman–Crippen MR) is 110 cm³/mol. The Bertz CT molecular complexity index is 672. The van der Waals surface area contributed by atoms with Gasteiger partial charge in [0.05, 0.1) is 19.1 Å². The van der Waals surface area contributed by atoms with Gasteiger partial charge in [0.2, 0.25) is 24.2 Å². The van der Waals surface area contributed by atoms with E-state index < -0.39 is 5.92 Å². The van der Waals surface area contributed by atoms with Crippen LogP contribution in [-0.4, -0.2) is 70.3 Å². The summed E-state index contributed by atoms with van der Waals surface area (Å²) in [5, 5.41) is 16.2. The van der Waals surface area contributed by atoms with Crippen molar-refractivity contribution in [3.63, 3.8) is 0 Å². The maximum atomic E-state index is 12.6. The zero-order valence-electron chi connectivity index (χ0n) is 17.6. The van der Waals surface area contributed by atoms with Gasteiger partial charge in [0.15, 0.2) is 5.82 Å². The predicted octanol–water partition coefficient (Wildman–Crippen LogP) is 0.452. The summed E-state index contributed by atoms with van der Waals surface area (Å²) in [5.41, 5.74) is 5.29. The Morgan fingerprint density at radius 1 is 1.33 bits per heavy atom. The lowest BCUT2D eigenvalue weighted by molar-refractivity contribution is -0.154. The van der Waals surface area contributed by atoms with Crippen LogP contribution in [0.4, 0.5) is 11.9 Å². The average Bonchev–Trinajstić information content (AvgIpc) is 2.77. The SMILES string of the molecule is CCCCCC(CN(O)C=O)C(=O)NNc1nc(NCC)nc(C2CNCCO2)n1. The van der Waals surface area contributed by atoms with E-state index in [-0.39, 0.29) is 30.9 Å². The molecule has 0 aromatic carbocycles. The van der Waals surface area contributed by atoms with E-state index in [2.05, 4.69) is 43.4 Å². The molecule has 1 aromatic rings. The summed E-state index contributed by atoms with van der Waals surface area (Å²) < 4.78 is 5.70. The number of nitrogens with zero attached hydrogens (tertiary/aromatic N) is 4. The molecule has 1 aliphatic rings. The number of anilines is 2. The molecule has 12 heteroatoms. The third-order valence-corrected chi connectivity index (χ3v) is 4.56. The third-order valence-electron chi connectivity index (χ3n) is 4.56. The first-order valence-corrected chi connectivity index (χ1v) is 10.4. The third kappa shape index (κ3) is 7.69. The minimum Gasteiger partial charge on any atom is -0.368 e. The highest BCUT2D eigenvalue weighted by atomic mass is 16.5. The number of nitrogens with one attached hydrogen (secondary N) is 4. The first-order chi connectivity index (χ1) is 14.6. The van der Waals surface area contributed by atoms with Gasteiger partial charge in [0.25, 0.3) is 0 Å². The topological polar surface area (TPSA) is 154 Å². The van der Waals surface area contributed by atoms with Gasteiger partial charge < -0.3 is 15.4 Å². The van der Waals surface area contributed by atoms with Crippen LogP contribution in [0, 0.1) is 5.92 Å². The fourth-order valence-corrected chi connectivity index (χ4v) is 3.00. The van der Waals surface area contributed by atoms with E-state index in [1.807, 2.05) is 6.92 Å². The van der Waals surface area contributed by atoms with Crippen molar-refractivity contribution < 1.29 is 19.5 Å². The minimum atomic E-state index is -0.570. The first kappa shape index (κ1) is 23.7. The van der Waals surface area contributed by atoms with E-state index in [0.717, 1.165) is 25.8 Å². The molecule has 0 spiro atoms. The van der Waals surface area contributed by atoms with E-state index in [9.17, 15) is 14.8 Å². The fraction of sp³-hybridized carbons (Fsp3) is 0.722. The number of morpholine rings is 1. The van der Waals surface area contributed by atoms with Gasteiger partial charge in [-0.1, -0.05) is 26.2 Å². The van der Waals surface area contributed by atoms with Crippen molar-refractivity contribution in [2.75, 3.05) is 43.5 Å². The second-order valence-electron chi connectivity index (χ2n) is 6.97. The molecule has 2 unspecified atom stereocenters. The van der Waals surface area contributed by atoms with Crippen molar-refractivity contribution in [2.24, 2.45) is 5.92 Å². The van der Waals surface area contributed by atoms with Crippen LogP contribution in [0.3, 0.4) is 0 Å². The number of hydrogen-bond donors (Lipinski definition) is 5. The summed E-state index contributed by atoms with van der Waals surface area (Å²) >= 11 is 0. The highest BCUT2D eigenvalue weighted by Crippen LogP contribution is 2.17. The number of ether oxygens (including phenoxy) is 1. The second kappa shape index (κ2) is 12.9. The maximum Gasteiger partial charge on any atom is 0.246 e. The molecule has 2 atom stereocenters. The van der Waals surface area contributed by atoms with Gasteiger partial charge in [0.1, 0.15) is 6.10 Å². The molecule has 1 saturated heterocycles. The highest BCUT2D eigenvalue weighted by Gasteiger charge is 2.23. The quantitative estimate of drug-likeness (QED) is 0.130. The first-order valence-electron chi connectivity index (χ1n) is 10.4. The molecule has 1 fully saturated rings. The van der Waals surface area contributed by atoms with Crippen LogP contribution in [0.1, 0.15) is 51.5 Å². The van der Waals surface area contributed by atoms with Crippen LogP contribution >= 0.6 is 0 Å². The molecule has 2 heterocycles. The van der Waals surface area contributed by atoms with Gasteiger partial charge in [0, 0.05) is 19.6 Å². The lowest BCUT2D eigenvalue weighted by Crippen LogP contribution is -2.40. The Balaban J connectivity index is 2.05. The van der Waals surface area contributed by atoms with Crippen molar-refractivity contribution in [2.45, 2.75) is 45.6 Å². The zero-order valence-corrected chi connectivity index (χ0v) is 17.6. The van der Waals surface area contributed by atoms with Crippen LogP contribution in [0.2, 0.25) is 0 Å². The molecule has 0 bridgehead atoms. The summed E-state index contributed by atoms with van der Waals surface area (Å²) in [6, 6.07) is 0. The van der Waals surface area contributed by atoms with Crippen molar-refractivity contribution in [1.82, 2.24) is 30.8 Å². The number of hydrogen-bond acceptors (Lipinski definition) is 10. The van der Waals surface area contributed by atoms with Crippen LogP contribution in [-0.2, 0) is 14.3 Å². The summed E-state index contributed by atoms with van der Waals surface area (Å²) in [6.07, 6.45) is 3.29. The fourth-order valence-electron chi connectivity index (χ4n) is 3.00. The molecule has 5 N–H and O–H groups in total. The van der Waals surface area contributed by atoms with E-state index in [0.29, 0.717) is 43.0 Å². The molecule has 0 aliphatic carbocycles. The van der Waals surface area contributed by atoms with Gasteiger partial charge >= 0.3 is 0 Å². The van der Waals surface area contributed by atoms with Crippen LogP contribution in [0.25, 0.3) is 0 Å². The molecule has 1 aromatic heterocycles. The smallest absolute Gasteiger partial charge is 0.246 e.